The van der Waals surface area contributed by atoms with E-state index in [2.05, 4.69) is 16.2 Å². The summed E-state index contributed by atoms with van der Waals surface area (Å²) in [6.07, 6.45) is 5.35. The van der Waals surface area contributed by atoms with Crippen LogP contribution < -0.4 is 5.32 Å². The molecule has 0 atom stereocenters. The Bertz CT molecular complexity index is 505. The normalized spacial score (nSPS) is 10.1. The number of nitrogens with one attached hydrogen (secondary N) is 1. The maximum Gasteiger partial charge on any atom is 0.204 e. The van der Waals surface area contributed by atoms with Gasteiger partial charge in [0.25, 0.3) is 0 Å². The lowest BCUT2D eigenvalue weighted by Crippen LogP contribution is -2.06. The summed E-state index contributed by atoms with van der Waals surface area (Å²) in [6.45, 7) is 3.43. The number of nitrogens with zero attached hydrogens (tertiary/aromatic N) is 2. The number of aromatic nitrogens is 2. The molecule has 0 amide bonds. The van der Waals surface area contributed by atoms with Crippen LogP contribution in [0.15, 0.2) is 24.3 Å². The molecule has 2 aromatic rings. The predicted molar refractivity (Wildman–Crippen MR) is 62.7 cm³/mol. The summed E-state index contributed by atoms with van der Waals surface area (Å²) in [5, 5.41) is 3.21. The quantitative estimate of drug-likeness (QED) is 0.767. The van der Waals surface area contributed by atoms with Gasteiger partial charge < -0.3 is 5.32 Å². The van der Waals surface area contributed by atoms with Crippen LogP contribution in [0, 0.1) is 12.3 Å². The van der Waals surface area contributed by atoms with Crippen molar-refractivity contribution in [1.29, 1.82) is 0 Å². The number of imidazole rings is 1. The lowest BCUT2D eigenvalue weighted by atomic mass is 10.3. The Labute approximate surface area is 89.1 Å². The van der Waals surface area contributed by atoms with Crippen molar-refractivity contribution in [2.75, 3.05) is 11.9 Å². The van der Waals surface area contributed by atoms with Crippen LogP contribution in [-0.2, 0) is 6.54 Å². The fourth-order valence-corrected chi connectivity index (χ4v) is 1.62. The highest BCUT2D eigenvalue weighted by molar-refractivity contribution is 5.78. The molecule has 1 aromatic carbocycles. The van der Waals surface area contributed by atoms with Crippen LogP contribution in [0.3, 0.4) is 0 Å². The Kier molecular flexibility index (Phi) is 2.59. The molecule has 0 aliphatic heterocycles. The first-order valence-corrected chi connectivity index (χ1v) is 4.99. The third kappa shape index (κ3) is 1.66. The van der Waals surface area contributed by atoms with Crippen molar-refractivity contribution in [2.24, 2.45) is 0 Å². The van der Waals surface area contributed by atoms with Gasteiger partial charge in [-0.15, -0.1) is 6.42 Å². The molecule has 0 aliphatic carbocycles. The van der Waals surface area contributed by atoms with E-state index in [4.69, 9.17) is 6.42 Å². The number of fused-ring (bicyclic) bond motifs is 1. The third-order valence-corrected chi connectivity index (χ3v) is 2.24. The van der Waals surface area contributed by atoms with Gasteiger partial charge in [-0.1, -0.05) is 18.1 Å². The zero-order valence-electron chi connectivity index (χ0n) is 8.70. The van der Waals surface area contributed by atoms with E-state index in [0.29, 0.717) is 6.54 Å². The minimum atomic E-state index is 0.544. The summed E-state index contributed by atoms with van der Waals surface area (Å²) in [4.78, 5) is 4.48. The first-order valence-electron chi connectivity index (χ1n) is 4.99. The number of rotatable bonds is 3. The number of anilines is 1. The summed E-state index contributed by atoms with van der Waals surface area (Å²) in [5.41, 5.74) is 2.05. The maximum atomic E-state index is 5.35. The number of para-hydroxylation sites is 2. The molecule has 0 bridgehead atoms. The molecule has 1 aromatic heterocycles. The molecule has 0 aliphatic rings. The van der Waals surface area contributed by atoms with E-state index in [0.717, 1.165) is 23.5 Å². The lowest BCUT2D eigenvalue weighted by molar-refractivity contribution is 0.869. The van der Waals surface area contributed by atoms with Crippen LogP contribution >= 0.6 is 0 Å². The van der Waals surface area contributed by atoms with E-state index >= 15 is 0 Å². The molecule has 15 heavy (non-hydrogen) atoms. The average molecular weight is 199 g/mol. The Balaban J connectivity index is 2.59. The van der Waals surface area contributed by atoms with Gasteiger partial charge in [0.15, 0.2) is 0 Å². The van der Waals surface area contributed by atoms with Crippen LogP contribution in [0.4, 0.5) is 5.95 Å². The number of hydrogen-bond acceptors (Lipinski definition) is 2. The SMILES string of the molecule is C#CCn1c(NCC)nc2ccccc21. The smallest absolute Gasteiger partial charge is 0.204 e. The van der Waals surface area contributed by atoms with E-state index in [-0.39, 0.29) is 0 Å². The standard InChI is InChI=1S/C12H13N3/c1-3-9-15-11-8-6-5-7-10(11)14-12(15)13-4-2/h1,5-8H,4,9H2,2H3,(H,13,14). The predicted octanol–water partition coefficient (Wildman–Crippen LogP) is 2.10. The monoisotopic (exact) mass is 199 g/mol. The molecule has 0 saturated carbocycles. The number of terminal acetylenes is 1. The van der Waals surface area contributed by atoms with E-state index in [9.17, 15) is 0 Å². The molecule has 0 radical (unpaired) electrons. The fourth-order valence-electron chi connectivity index (χ4n) is 1.62. The van der Waals surface area contributed by atoms with Gasteiger partial charge in [0.1, 0.15) is 0 Å². The van der Waals surface area contributed by atoms with Gasteiger partial charge in [-0.2, -0.15) is 0 Å². The molecule has 3 nitrogen and oxygen atoms in total. The molecule has 0 saturated heterocycles. The van der Waals surface area contributed by atoms with Gasteiger partial charge in [0, 0.05) is 6.54 Å². The van der Waals surface area contributed by atoms with Gasteiger partial charge in [0.2, 0.25) is 5.95 Å². The van der Waals surface area contributed by atoms with Crippen LogP contribution in [-0.4, -0.2) is 16.1 Å². The highest BCUT2D eigenvalue weighted by atomic mass is 15.2. The maximum absolute atomic E-state index is 5.35. The summed E-state index contributed by atoms with van der Waals surface area (Å²) < 4.78 is 2.01. The third-order valence-electron chi connectivity index (χ3n) is 2.24. The number of benzene rings is 1. The van der Waals surface area contributed by atoms with Gasteiger partial charge >= 0.3 is 0 Å². The Hall–Kier alpha value is -1.95. The second-order valence-electron chi connectivity index (χ2n) is 3.24. The zero-order chi connectivity index (χ0) is 10.7. The van der Waals surface area contributed by atoms with Crippen molar-refractivity contribution in [3.63, 3.8) is 0 Å². The largest absolute Gasteiger partial charge is 0.356 e. The van der Waals surface area contributed by atoms with E-state index in [1.807, 2.05) is 35.8 Å². The fraction of sp³-hybridized carbons (Fsp3) is 0.250. The summed E-state index contributed by atoms with van der Waals surface area (Å²) >= 11 is 0. The summed E-state index contributed by atoms with van der Waals surface area (Å²) in [7, 11) is 0. The molecule has 76 valence electrons. The first kappa shape index (κ1) is 9.60. The van der Waals surface area contributed by atoms with Crippen LogP contribution in [0.5, 0.6) is 0 Å². The topological polar surface area (TPSA) is 29.9 Å². The molecule has 1 heterocycles. The van der Waals surface area contributed by atoms with Crippen LogP contribution in [0.25, 0.3) is 11.0 Å². The van der Waals surface area contributed by atoms with Crippen molar-refractivity contribution >= 4 is 17.0 Å². The average Bonchev–Trinajstić information content (AvgIpc) is 2.59. The minimum absolute atomic E-state index is 0.544. The first-order chi connectivity index (χ1) is 7.36. The number of hydrogen-bond donors (Lipinski definition) is 1. The minimum Gasteiger partial charge on any atom is -0.356 e. The van der Waals surface area contributed by atoms with E-state index in [1.165, 1.54) is 0 Å². The van der Waals surface area contributed by atoms with E-state index < -0.39 is 0 Å². The second-order valence-corrected chi connectivity index (χ2v) is 3.24. The van der Waals surface area contributed by atoms with Crippen LogP contribution in [0.2, 0.25) is 0 Å². The van der Waals surface area contributed by atoms with Crippen molar-refractivity contribution in [2.45, 2.75) is 13.5 Å². The van der Waals surface area contributed by atoms with Crippen molar-refractivity contribution in [1.82, 2.24) is 9.55 Å². The summed E-state index contributed by atoms with van der Waals surface area (Å²) in [6, 6.07) is 7.99. The van der Waals surface area contributed by atoms with Gasteiger partial charge in [-0.25, -0.2) is 4.98 Å². The second kappa shape index (κ2) is 4.05. The zero-order valence-corrected chi connectivity index (χ0v) is 8.70. The highest BCUT2D eigenvalue weighted by Crippen LogP contribution is 2.18. The Morgan fingerprint density at radius 1 is 1.47 bits per heavy atom. The molecule has 1 N–H and O–H groups in total. The molecular weight excluding hydrogens is 186 g/mol. The lowest BCUT2D eigenvalue weighted by Gasteiger charge is -2.05. The highest BCUT2D eigenvalue weighted by Gasteiger charge is 2.07. The Morgan fingerprint density at radius 3 is 3.00 bits per heavy atom. The molecule has 0 unspecified atom stereocenters. The molecular formula is C12H13N3. The Morgan fingerprint density at radius 2 is 2.27 bits per heavy atom. The van der Waals surface area contributed by atoms with Crippen molar-refractivity contribution < 1.29 is 0 Å². The van der Waals surface area contributed by atoms with Crippen molar-refractivity contribution in [3.8, 4) is 12.3 Å². The molecule has 3 heteroatoms. The van der Waals surface area contributed by atoms with Gasteiger partial charge in [-0.3, -0.25) is 4.57 Å². The summed E-state index contributed by atoms with van der Waals surface area (Å²) in [5.74, 6) is 3.49. The van der Waals surface area contributed by atoms with Crippen LogP contribution in [0.1, 0.15) is 6.92 Å². The molecule has 0 fully saturated rings. The van der Waals surface area contributed by atoms with Crippen molar-refractivity contribution in [3.05, 3.63) is 24.3 Å². The molecule has 2 rings (SSSR count). The van der Waals surface area contributed by atoms with Gasteiger partial charge in [-0.05, 0) is 19.1 Å². The van der Waals surface area contributed by atoms with E-state index in [1.54, 1.807) is 0 Å². The molecule has 0 spiro atoms. The van der Waals surface area contributed by atoms with Gasteiger partial charge in [0.05, 0.1) is 17.6 Å².